The van der Waals surface area contributed by atoms with Crippen LogP contribution in [0.3, 0.4) is 0 Å². The molecule has 0 saturated heterocycles. The smallest absolute Gasteiger partial charge is 0.356 e. The minimum absolute atomic E-state index is 0.0523. The van der Waals surface area contributed by atoms with Gasteiger partial charge in [0.1, 0.15) is 0 Å². The van der Waals surface area contributed by atoms with Gasteiger partial charge in [0.2, 0.25) is 5.91 Å². The van der Waals surface area contributed by atoms with Gasteiger partial charge in [-0.1, -0.05) is 24.3 Å². The number of halogens is 3. The van der Waals surface area contributed by atoms with Crippen LogP contribution in [0.25, 0.3) is 11.0 Å². The molecular weight excluding hydrogens is 355 g/mol. The zero-order chi connectivity index (χ0) is 19.4. The first-order valence-corrected chi connectivity index (χ1v) is 8.69. The van der Waals surface area contributed by atoms with Gasteiger partial charge in [-0.05, 0) is 43.2 Å². The Labute approximate surface area is 155 Å². The summed E-state index contributed by atoms with van der Waals surface area (Å²) in [6.07, 6.45) is -1.83. The van der Waals surface area contributed by atoms with Crippen LogP contribution in [0.4, 0.5) is 13.2 Å². The van der Waals surface area contributed by atoms with Crippen molar-refractivity contribution in [3.63, 3.8) is 0 Å². The van der Waals surface area contributed by atoms with Crippen molar-refractivity contribution in [2.24, 2.45) is 0 Å². The van der Waals surface area contributed by atoms with Crippen LogP contribution in [0.1, 0.15) is 30.5 Å². The normalized spacial score (nSPS) is 12.9. The first-order chi connectivity index (χ1) is 12.8. The molecular formula is C20H20F3N3O. The fourth-order valence-corrected chi connectivity index (χ4v) is 2.97. The number of nitrogens with zero attached hydrogens (tertiary/aromatic N) is 2. The number of carbonyl (C=O) groups is 1. The molecule has 1 atom stereocenters. The Kier molecular flexibility index (Phi) is 5.48. The van der Waals surface area contributed by atoms with Gasteiger partial charge in [0.05, 0.1) is 22.9 Å². The van der Waals surface area contributed by atoms with Crippen molar-refractivity contribution in [1.29, 1.82) is 0 Å². The van der Waals surface area contributed by atoms with Gasteiger partial charge in [0, 0.05) is 19.0 Å². The lowest BCUT2D eigenvalue weighted by molar-refractivity contribution is -0.137. The summed E-state index contributed by atoms with van der Waals surface area (Å²) in [5.74, 6) is -0.104. The van der Waals surface area contributed by atoms with Gasteiger partial charge in [-0.15, -0.1) is 0 Å². The van der Waals surface area contributed by atoms with Crippen LogP contribution in [0.2, 0.25) is 0 Å². The molecule has 2 aromatic carbocycles. The number of nitrogens with one attached hydrogen (secondary N) is 1. The summed E-state index contributed by atoms with van der Waals surface area (Å²) < 4.78 is 39.6. The molecule has 0 aliphatic carbocycles. The van der Waals surface area contributed by atoms with Crippen molar-refractivity contribution in [3.8, 4) is 0 Å². The molecule has 0 aliphatic rings. The van der Waals surface area contributed by atoms with Crippen LogP contribution in [0.5, 0.6) is 0 Å². The second-order valence-corrected chi connectivity index (χ2v) is 6.49. The summed E-state index contributed by atoms with van der Waals surface area (Å²) >= 11 is 0. The van der Waals surface area contributed by atoms with E-state index in [2.05, 4.69) is 10.3 Å². The summed E-state index contributed by atoms with van der Waals surface area (Å²) in [4.78, 5) is 16.5. The molecule has 1 amide bonds. The highest BCUT2D eigenvalue weighted by molar-refractivity contribution is 5.78. The molecule has 3 aromatic rings. The largest absolute Gasteiger partial charge is 0.416 e. The molecule has 1 aromatic heterocycles. The Bertz CT molecular complexity index is 916. The monoisotopic (exact) mass is 375 g/mol. The Morgan fingerprint density at radius 3 is 2.56 bits per heavy atom. The van der Waals surface area contributed by atoms with Crippen LogP contribution in [-0.2, 0) is 17.4 Å². The van der Waals surface area contributed by atoms with E-state index in [0.717, 1.165) is 28.7 Å². The fourth-order valence-electron chi connectivity index (χ4n) is 2.97. The van der Waals surface area contributed by atoms with Crippen LogP contribution in [-0.4, -0.2) is 22.0 Å². The van der Waals surface area contributed by atoms with E-state index in [9.17, 15) is 18.0 Å². The zero-order valence-electron chi connectivity index (χ0n) is 14.8. The molecule has 142 valence electrons. The lowest BCUT2D eigenvalue weighted by Crippen LogP contribution is -2.27. The van der Waals surface area contributed by atoms with Gasteiger partial charge in [-0.2, -0.15) is 13.2 Å². The van der Waals surface area contributed by atoms with E-state index in [1.54, 1.807) is 6.33 Å². The van der Waals surface area contributed by atoms with Crippen LogP contribution < -0.4 is 5.32 Å². The van der Waals surface area contributed by atoms with Crippen LogP contribution in [0, 0.1) is 0 Å². The second-order valence-electron chi connectivity index (χ2n) is 6.49. The Morgan fingerprint density at radius 1 is 1.15 bits per heavy atom. The molecule has 1 N–H and O–H groups in total. The predicted octanol–water partition coefficient (Wildman–Crippen LogP) is 4.37. The third kappa shape index (κ3) is 4.67. The summed E-state index contributed by atoms with van der Waals surface area (Å²) in [6.45, 7) is 2.32. The summed E-state index contributed by atoms with van der Waals surface area (Å²) in [5.41, 5.74) is 1.93. The number of amides is 1. The highest BCUT2D eigenvalue weighted by atomic mass is 19.4. The van der Waals surface area contributed by atoms with Gasteiger partial charge >= 0.3 is 6.18 Å². The number of carbonyl (C=O) groups excluding carboxylic acids is 1. The molecule has 0 bridgehead atoms. The van der Waals surface area contributed by atoms with Gasteiger partial charge in [-0.3, -0.25) is 4.79 Å². The fraction of sp³-hybridized carbons (Fsp3) is 0.300. The molecule has 3 rings (SSSR count). The molecule has 0 fully saturated rings. The maximum absolute atomic E-state index is 12.5. The van der Waals surface area contributed by atoms with E-state index in [1.165, 1.54) is 12.1 Å². The Hall–Kier alpha value is -2.83. The average Bonchev–Trinajstić information content (AvgIpc) is 3.05. The average molecular weight is 375 g/mol. The van der Waals surface area contributed by atoms with Crippen molar-refractivity contribution < 1.29 is 18.0 Å². The van der Waals surface area contributed by atoms with Crippen molar-refractivity contribution >= 4 is 16.9 Å². The van der Waals surface area contributed by atoms with Gasteiger partial charge in [0.25, 0.3) is 0 Å². The van der Waals surface area contributed by atoms with E-state index in [0.29, 0.717) is 19.4 Å². The molecule has 4 nitrogen and oxygen atoms in total. The number of aromatic nitrogens is 2. The van der Waals surface area contributed by atoms with Gasteiger partial charge in [-0.25, -0.2) is 4.98 Å². The number of fused-ring (bicyclic) bond motifs is 1. The first-order valence-electron chi connectivity index (χ1n) is 8.69. The molecule has 0 spiro atoms. The Morgan fingerprint density at radius 2 is 1.85 bits per heavy atom. The molecule has 27 heavy (non-hydrogen) atoms. The molecule has 0 saturated carbocycles. The van der Waals surface area contributed by atoms with E-state index in [4.69, 9.17) is 0 Å². The summed E-state index contributed by atoms with van der Waals surface area (Å²) in [6, 6.07) is 12.7. The zero-order valence-corrected chi connectivity index (χ0v) is 14.8. The topological polar surface area (TPSA) is 46.9 Å². The van der Waals surface area contributed by atoms with Gasteiger partial charge < -0.3 is 9.88 Å². The van der Waals surface area contributed by atoms with Crippen molar-refractivity contribution in [2.45, 2.75) is 32.0 Å². The number of imidazole rings is 1. The van der Waals surface area contributed by atoms with E-state index in [1.807, 2.05) is 35.8 Å². The third-order valence-corrected chi connectivity index (χ3v) is 4.45. The van der Waals surface area contributed by atoms with Crippen LogP contribution >= 0.6 is 0 Å². The number of alkyl halides is 3. The van der Waals surface area contributed by atoms with Gasteiger partial charge in [0.15, 0.2) is 0 Å². The van der Waals surface area contributed by atoms with Crippen molar-refractivity contribution in [1.82, 2.24) is 14.9 Å². The first kappa shape index (κ1) is 18.9. The number of hydrogen-bond donors (Lipinski definition) is 1. The van der Waals surface area contributed by atoms with Crippen LogP contribution in [0.15, 0.2) is 54.9 Å². The quantitative estimate of drug-likeness (QED) is 0.696. The van der Waals surface area contributed by atoms with Crippen molar-refractivity contribution in [3.05, 3.63) is 66.0 Å². The predicted molar refractivity (Wildman–Crippen MR) is 97.2 cm³/mol. The standard InChI is InChI=1S/C20H20F3N3O/c1-14(26-13-25-17-4-2-3-5-18(17)26)12-19(27)24-11-10-15-6-8-16(9-7-15)20(21,22)23/h2-9,13-14H,10-12H2,1H3,(H,24,27)/t14-/m1/s1. The second kappa shape index (κ2) is 7.82. The Balaban J connectivity index is 1.49. The van der Waals surface area contributed by atoms with E-state index < -0.39 is 11.7 Å². The summed E-state index contributed by atoms with van der Waals surface area (Å²) in [7, 11) is 0. The molecule has 0 radical (unpaired) electrons. The highest BCUT2D eigenvalue weighted by Gasteiger charge is 2.29. The lowest BCUT2D eigenvalue weighted by atomic mass is 10.1. The third-order valence-electron chi connectivity index (χ3n) is 4.45. The van der Waals surface area contributed by atoms with Crippen molar-refractivity contribution in [2.75, 3.05) is 6.54 Å². The minimum atomic E-state index is -4.33. The molecule has 0 unspecified atom stereocenters. The minimum Gasteiger partial charge on any atom is -0.356 e. The molecule has 1 heterocycles. The molecule has 7 heteroatoms. The SMILES string of the molecule is C[C@H](CC(=O)NCCc1ccc(C(F)(F)F)cc1)n1cnc2ccccc21. The lowest BCUT2D eigenvalue weighted by Gasteiger charge is -2.14. The molecule has 0 aliphatic heterocycles. The number of rotatable bonds is 6. The number of hydrogen-bond acceptors (Lipinski definition) is 2. The maximum Gasteiger partial charge on any atom is 0.416 e. The van der Waals surface area contributed by atoms with E-state index in [-0.39, 0.29) is 11.9 Å². The number of para-hydroxylation sites is 2. The maximum atomic E-state index is 12.5. The van der Waals surface area contributed by atoms with E-state index >= 15 is 0 Å². The number of benzene rings is 2. The highest BCUT2D eigenvalue weighted by Crippen LogP contribution is 2.29. The summed E-state index contributed by atoms with van der Waals surface area (Å²) in [5, 5.41) is 2.82.